The average Bonchev–Trinajstić information content (AvgIpc) is 2.59. The maximum absolute atomic E-state index is 11.1. The van der Waals surface area contributed by atoms with Crippen LogP contribution in [-0.4, -0.2) is 11.1 Å². The summed E-state index contributed by atoms with van der Waals surface area (Å²) in [5.41, 5.74) is 0. The summed E-state index contributed by atoms with van der Waals surface area (Å²) in [5.74, 6) is 4.19. The van der Waals surface area contributed by atoms with Gasteiger partial charge in [0.05, 0.1) is 5.92 Å². The third-order valence-corrected chi connectivity index (χ3v) is 7.63. The summed E-state index contributed by atoms with van der Waals surface area (Å²) in [6.07, 6.45) is 18.9. The molecule has 3 aliphatic carbocycles. The molecule has 1 N–H and O–H groups in total. The lowest BCUT2D eigenvalue weighted by molar-refractivity contribution is -0.143. The lowest BCUT2D eigenvalue weighted by atomic mass is 9.70. The van der Waals surface area contributed by atoms with E-state index in [1.807, 2.05) is 0 Å². The van der Waals surface area contributed by atoms with Gasteiger partial charge < -0.3 is 5.11 Å². The molecule has 0 amide bonds. The number of hydrogen-bond acceptors (Lipinski definition) is 1. The van der Waals surface area contributed by atoms with Crippen LogP contribution < -0.4 is 0 Å². The highest BCUT2D eigenvalue weighted by atomic mass is 16.4. The molecule has 0 heterocycles. The van der Waals surface area contributed by atoms with Crippen molar-refractivity contribution in [3.63, 3.8) is 0 Å². The first-order chi connectivity index (χ1) is 11.6. The molecule has 0 radical (unpaired) electrons. The number of hydrogen-bond donors (Lipinski definition) is 1. The van der Waals surface area contributed by atoms with Crippen LogP contribution in [-0.2, 0) is 4.79 Å². The Hall–Kier alpha value is -0.530. The van der Waals surface area contributed by atoms with E-state index in [2.05, 4.69) is 6.92 Å². The smallest absolute Gasteiger partial charge is 0.306 e. The summed E-state index contributed by atoms with van der Waals surface area (Å²) in [7, 11) is 0. The van der Waals surface area contributed by atoms with Gasteiger partial charge in [-0.25, -0.2) is 0 Å². The molecule has 0 aromatic rings. The Labute approximate surface area is 148 Å². The van der Waals surface area contributed by atoms with Gasteiger partial charge in [-0.15, -0.1) is 0 Å². The fourth-order valence-electron chi connectivity index (χ4n) is 5.86. The van der Waals surface area contributed by atoms with Gasteiger partial charge in [0.25, 0.3) is 0 Å². The van der Waals surface area contributed by atoms with Crippen molar-refractivity contribution in [3.8, 4) is 0 Å². The highest BCUT2D eigenvalue weighted by Gasteiger charge is 2.30. The highest BCUT2D eigenvalue weighted by Crippen LogP contribution is 2.41. The zero-order chi connectivity index (χ0) is 16.9. The van der Waals surface area contributed by atoms with Crippen molar-refractivity contribution in [2.24, 2.45) is 35.5 Å². The van der Waals surface area contributed by atoms with Crippen LogP contribution in [0.1, 0.15) is 96.8 Å². The van der Waals surface area contributed by atoms with Gasteiger partial charge in [0, 0.05) is 0 Å². The van der Waals surface area contributed by atoms with Crippen LogP contribution in [0.15, 0.2) is 0 Å². The minimum Gasteiger partial charge on any atom is -0.481 e. The molecule has 3 fully saturated rings. The van der Waals surface area contributed by atoms with Crippen LogP contribution in [0.4, 0.5) is 0 Å². The van der Waals surface area contributed by atoms with Crippen LogP contribution in [0.2, 0.25) is 0 Å². The van der Waals surface area contributed by atoms with E-state index < -0.39 is 5.97 Å². The standard InChI is InChI=1S/C22H38O2/c1-16-2-4-17(5-3-16)14-18-6-8-19(9-7-18)15-20-10-12-21(13-11-20)22(23)24/h16-21H,2-15H2,1H3,(H,23,24). The van der Waals surface area contributed by atoms with E-state index in [0.717, 1.165) is 55.3 Å². The topological polar surface area (TPSA) is 37.3 Å². The molecule has 0 aliphatic heterocycles. The zero-order valence-electron chi connectivity index (χ0n) is 15.7. The molecule has 0 aromatic heterocycles. The molecule has 3 aliphatic rings. The molecular formula is C22H38O2. The average molecular weight is 335 g/mol. The van der Waals surface area contributed by atoms with E-state index >= 15 is 0 Å². The molecule has 24 heavy (non-hydrogen) atoms. The molecule has 0 spiro atoms. The zero-order valence-corrected chi connectivity index (χ0v) is 15.7. The molecule has 138 valence electrons. The Bertz CT molecular complexity index is 381. The van der Waals surface area contributed by atoms with Gasteiger partial charge in [-0.2, -0.15) is 0 Å². The predicted octanol–water partition coefficient (Wildman–Crippen LogP) is 6.29. The summed E-state index contributed by atoms with van der Waals surface area (Å²) in [4.78, 5) is 11.1. The Morgan fingerprint density at radius 3 is 1.38 bits per heavy atom. The normalized spacial score (nSPS) is 41.0. The Morgan fingerprint density at radius 2 is 1.00 bits per heavy atom. The van der Waals surface area contributed by atoms with Gasteiger partial charge in [-0.1, -0.05) is 58.3 Å². The number of carbonyl (C=O) groups is 1. The van der Waals surface area contributed by atoms with E-state index in [4.69, 9.17) is 5.11 Å². The largest absolute Gasteiger partial charge is 0.481 e. The van der Waals surface area contributed by atoms with E-state index in [9.17, 15) is 4.79 Å². The molecule has 2 heteroatoms. The first-order valence-electron chi connectivity index (χ1n) is 10.8. The Balaban J connectivity index is 1.32. The monoisotopic (exact) mass is 334 g/mol. The van der Waals surface area contributed by atoms with Crippen molar-refractivity contribution >= 4 is 5.97 Å². The minimum atomic E-state index is -0.564. The fourth-order valence-corrected chi connectivity index (χ4v) is 5.86. The molecule has 0 aromatic carbocycles. The van der Waals surface area contributed by atoms with Crippen LogP contribution in [0.5, 0.6) is 0 Å². The SMILES string of the molecule is CC1CCC(CC2CCC(CC3CCC(C(=O)O)CC3)CC2)CC1. The van der Waals surface area contributed by atoms with Crippen molar-refractivity contribution in [2.45, 2.75) is 96.8 Å². The minimum absolute atomic E-state index is 0.0461. The first-order valence-corrected chi connectivity index (χ1v) is 10.8. The van der Waals surface area contributed by atoms with Crippen LogP contribution >= 0.6 is 0 Å². The lowest BCUT2D eigenvalue weighted by Gasteiger charge is -2.35. The van der Waals surface area contributed by atoms with Gasteiger partial charge >= 0.3 is 5.97 Å². The summed E-state index contributed by atoms with van der Waals surface area (Å²) in [5, 5.41) is 9.12. The third-order valence-electron chi connectivity index (χ3n) is 7.63. The lowest BCUT2D eigenvalue weighted by Crippen LogP contribution is -2.24. The van der Waals surface area contributed by atoms with Crippen molar-refractivity contribution < 1.29 is 9.90 Å². The summed E-state index contributed by atoms with van der Waals surface area (Å²) in [6.45, 7) is 2.42. The van der Waals surface area contributed by atoms with Gasteiger partial charge in [0.15, 0.2) is 0 Å². The van der Waals surface area contributed by atoms with Gasteiger partial charge in [0.2, 0.25) is 0 Å². The quantitative estimate of drug-likeness (QED) is 0.641. The van der Waals surface area contributed by atoms with Crippen molar-refractivity contribution in [1.29, 1.82) is 0 Å². The van der Waals surface area contributed by atoms with Crippen LogP contribution in [0.3, 0.4) is 0 Å². The molecule has 0 saturated heterocycles. The van der Waals surface area contributed by atoms with E-state index in [1.54, 1.807) is 0 Å². The molecule has 0 atom stereocenters. The second kappa shape index (κ2) is 8.72. The molecule has 3 saturated carbocycles. The maximum Gasteiger partial charge on any atom is 0.306 e. The van der Waals surface area contributed by atoms with E-state index in [1.165, 1.54) is 64.2 Å². The number of aliphatic carboxylic acids is 1. The van der Waals surface area contributed by atoms with Gasteiger partial charge in [-0.05, 0) is 68.1 Å². The second-order valence-corrected chi connectivity index (χ2v) is 9.54. The van der Waals surface area contributed by atoms with Crippen LogP contribution in [0.25, 0.3) is 0 Å². The second-order valence-electron chi connectivity index (χ2n) is 9.54. The van der Waals surface area contributed by atoms with Crippen molar-refractivity contribution in [2.75, 3.05) is 0 Å². The first kappa shape index (κ1) is 18.3. The maximum atomic E-state index is 11.1. The van der Waals surface area contributed by atoms with E-state index in [0.29, 0.717) is 0 Å². The highest BCUT2D eigenvalue weighted by molar-refractivity contribution is 5.69. The summed E-state index contributed by atoms with van der Waals surface area (Å²) >= 11 is 0. The van der Waals surface area contributed by atoms with Gasteiger partial charge in [0.1, 0.15) is 0 Å². The molecule has 3 rings (SSSR count). The van der Waals surface area contributed by atoms with Gasteiger partial charge in [-0.3, -0.25) is 4.79 Å². The van der Waals surface area contributed by atoms with E-state index in [-0.39, 0.29) is 5.92 Å². The summed E-state index contributed by atoms with van der Waals surface area (Å²) < 4.78 is 0. The Morgan fingerprint density at radius 1 is 0.667 bits per heavy atom. The number of carboxylic acids is 1. The molecule has 0 unspecified atom stereocenters. The molecule has 2 nitrogen and oxygen atoms in total. The third kappa shape index (κ3) is 5.23. The Kier molecular flexibility index (Phi) is 6.63. The predicted molar refractivity (Wildman–Crippen MR) is 98.9 cm³/mol. The molecule has 0 bridgehead atoms. The number of rotatable bonds is 5. The van der Waals surface area contributed by atoms with Crippen molar-refractivity contribution in [3.05, 3.63) is 0 Å². The van der Waals surface area contributed by atoms with Crippen molar-refractivity contribution in [1.82, 2.24) is 0 Å². The molecular weight excluding hydrogens is 296 g/mol. The fraction of sp³-hybridized carbons (Fsp3) is 0.955. The van der Waals surface area contributed by atoms with Crippen LogP contribution in [0, 0.1) is 35.5 Å². The number of carboxylic acid groups (broad SMARTS) is 1. The summed E-state index contributed by atoms with van der Waals surface area (Å²) in [6, 6.07) is 0.